The predicted octanol–water partition coefficient (Wildman–Crippen LogP) is 2.56. The molecule has 0 N–H and O–H groups in total. The van der Waals surface area contributed by atoms with E-state index in [4.69, 9.17) is 4.74 Å². The quantitative estimate of drug-likeness (QED) is 0.754. The van der Waals surface area contributed by atoms with Crippen molar-refractivity contribution in [1.29, 1.82) is 0 Å². The number of halogens is 2. The Balaban J connectivity index is 1.75. The molecule has 0 bridgehead atoms. The summed E-state index contributed by atoms with van der Waals surface area (Å²) in [7, 11) is -3.22. The zero-order valence-electron chi connectivity index (χ0n) is 14.5. The Bertz CT molecular complexity index is 916. The second kappa shape index (κ2) is 8.04. The fourth-order valence-electron chi connectivity index (χ4n) is 3.01. The Labute approximate surface area is 156 Å². The molecule has 3 rings (SSSR count). The van der Waals surface area contributed by atoms with Crippen LogP contribution in [0.25, 0.3) is 0 Å². The minimum atomic E-state index is -3.22. The van der Waals surface area contributed by atoms with E-state index in [-0.39, 0.29) is 24.7 Å². The molecule has 144 valence electrons. The molecule has 1 amide bonds. The molecule has 2 aromatic rings. The second-order valence-corrected chi connectivity index (χ2v) is 8.64. The van der Waals surface area contributed by atoms with Crippen molar-refractivity contribution in [2.45, 2.75) is 19.0 Å². The first-order chi connectivity index (χ1) is 12.8. The standard InChI is InChI=1S/C19H19F2NO4S/c20-15-5-7-17(8-6-15)26-12-19(23)22(16-9-10-27(24,25)13-16)11-14-3-1-2-4-18(14)21/h1-8,16H,9-13H2/t16-/m0/s1. The van der Waals surface area contributed by atoms with Gasteiger partial charge in [-0.05, 0) is 36.8 Å². The highest BCUT2D eigenvalue weighted by molar-refractivity contribution is 7.91. The van der Waals surface area contributed by atoms with Gasteiger partial charge in [-0.2, -0.15) is 0 Å². The number of hydrogen-bond acceptors (Lipinski definition) is 4. The molecule has 1 aliphatic heterocycles. The van der Waals surface area contributed by atoms with Gasteiger partial charge >= 0.3 is 0 Å². The summed E-state index contributed by atoms with van der Waals surface area (Å²) in [6, 6.07) is 10.7. The summed E-state index contributed by atoms with van der Waals surface area (Å²) >= 11 is 0. The van der Waals surface area contributed by atoms with Crippen molar-refractivity contribution in [3.63, 3.8) is 0 Å². The van der Waals surface area contributed by atoms with Gasteiger partial charge in [0, 0.05) is 18.2 Å². The highest BCUT2D eigenvalue weighted by Crippen LogP contribution is 2.22. The third-order valence-electron chi connectivity index (χ3n) is 4.44. The number of hydrogen-bond donors (Lipinski definition) is 0. The molecular formula is C19H19F2NO4S. The summed E-state index contributed by atoms with van der Waals surface area (Å²) in [5.41, 5.74) is 0.303. The van der Waals surface area contributed by atoms with Crippen LogP contribution in [0, 0.1) is 11.6 Å². The van der Waals surface area contributed by atoms with E-state index in [2.05, 4.69) is 0 Å². The van der Waals surface area contributed by atoms with Crippen LogP contribution in [0.5, 0.6) is 5.75 Å². The number of benzene rings is 2. The molecule has 1 fully saturated rings. The number of rotatable bonds is 6. The summed E-state index contributed by atoms with van der Waals surface area (Å²) < 4.78 is 56.0. The van der Waals surface area contributed by atoms with E-state index in [1.165, 1.54) is 35.2 Å². The summed E-state index contributed by atoms with van der Waals surface area (Å²) in [5, 5.41) is 0. The summed E-state index contributed by atoms with van der Waals surface area (Å²) in [6.45, 7) is -0.394. The molecular weight excluding hydrogens is 376 g/mol. The molecule has 2 aromatic carbocycles. The third-order valence-corrected chi connectivity index (χ3v) is 6.19. The van der Waals surface area contributed by atoms with Crippen LogP contribution < -0.4 is 4.74 Å². The Hall–Kier alpha value is -2.48. The normalized spacial score (nSPS) is 18.2. The molecule has 5 nitrogen and oxygen atoms in total. The lowest BCUT2D eigenvalue weighted by Gasteiger charge is -2.28. The van der Waals surface area contributed by atoms with Crippen molar-refractivity contribution < 1.29 is 26.7 Å². The van der Waals surface area contributed by atoms with Gasteiger partial charge in [-0.3, -0.25) is 4.79 Å². The van der Waals surface area contributed by atoms with Gasteiger partial charge in [-0.15, -0.1) is 0 Å². The first kappa shape index (κ1) is 19.3. The van der Waals surface area contributed by atoms with Gasteiger partial charge in [0.05, 0.1) is 11.5 Å². The number of nitrogens with zero attached hydrogens (tertiary/aromatic N) is 1. The van der Waals surface area contributed by atoms with Crippen LogP contribution in [0.1, 0.15) is 12.0 Å². The van der Waals surface area contributed by atoms with Crippen molar-refractivity contribution >= 4 is 15.7 Å². The van der Waals surface area contributed by atoms with E-state index in [1.54, 1.807) is 18.2 Å². The zero-order chi connectivity index (χ0) is 19.4. The molecule has 0 aliphatic carbocycles. The van der Waals surface area contributed by atoms with E-state index >= 15 is 0 Å². The summed E-state index contributed by atoms with van der Waals surface area (Å²) in [4.78, 5) is 14.1. The van der Waals surface area contributed by atoms with E-state index in [9.17, 15) is 22.0 Å². The molecule has 0 saturated carbocycles. The van der Waals surface area contributed by atoms with Gasteiger partial charge in [-0.1, -0.05) is 18.2 Å². The molecule has 1 atom stereocenters. The average Bonchev–Trinajstić information content (AvgIpc) is 3.00. The maximum absolute atomic E-state index is 14.0. The summed E-state index contributed by atoms with van der Waals surface area (Å²) in [6.07, 6.45) is 0.305. The van der Waals surface area contributed by atoms with Crippen LogP contribution in [-0.2, 0) is 21.2 Å². The second-order valence-electron chi connectivity index (χ2n) is 6.41. The van der Waals surface area contributed by atoms with Crippen LogP contribution in [0.3, 0.4) is 0 Å². The first-order valence-electron chi connectivity index (χ1n) is 8.46. The predicted molar refractivity (Wildman–Crippen MR) is 95.9 cm³/mol. The Kier molecular flexibility index (Phi) is 5.74. The van der Waals surface area contributed by atoms with Crippen LogP contribution >= 0.6 is 0 Å². The smallest absolute Gasteiger partial charge is 0.261 e. The van der Waals surface area contributed by atoms with Crippen molar-refractivity contribution in [2.75, 3.05) is 18.1 Å². The maximum atomic E-state index is 14.0. The number of carbonyl (C=O) groups excluding carboxylic acids is 1. The van der Waals surface area contributed by atoms with Gasteiger partial charge in [0.2, 0.25) is 0 Å². The average molecular weight is 395 g/mol. The van der Waals surface area contributed by atoms with Crippen LogP contribution in [0.4, 0.5) is 8.78 Å². The number of amides is 1. The Morgan fingerprint density at radius 2 is 1.81 bits per heavy atom. The molecule has 27 heavy (non-hydrogen) atoms. The lowest BCUT2D eigenvalue weighted by atomic mass is 10.1. The van der Waals surface area contributed by atoms with Gasteiger partial charge in [0.15, 0.2) is 16.4 Å². The molecule has 8 heteroatoms. The molecule has 0 aromatic heterocycles. The minimum absolute atomic E-state index is 0.00244. The largest absolute Gasteiger partial charge is 0.484 e. The molecule has 1 saturated heterocycles. The molecule has 0 radical (unpaired) electrons. The van der Waals surface area contributed by atoms with Gasteiger partial charge < -0.3 is 9.64 Å². The topological polar surface area (TPSA) is 63.7 Å². The highest BCUT2D eigenvalue weighted by atomic mass is 32.2. The number of carbonyl (C=O) groups is 1. The van der Waals surface area contributed by atoms with Crippen molar-refractivity contribution in [3.8, 4) is 5.75 Å². The summed E-state index contributed by atoms with van der Waals surface area (Å²) in [5.74, 6) is -1.18. The molecule has 0 spiro atoms. The number of sulfone groups is 1. The zero-order valence-corrected chi connectivity index (χ0v) is 15.3. The fourth-order valence-corrected chi connectivity index (χ4v) is 4.74. The first-order valence-corrected chi connectivity index (χ1v) is 10.3. The number of ether oxygens (including phenoxy) is 1. The molecule has 1 heterocycles. The van der Waals surface area contributed by atoms with Crippen molar-refractivity contribution in [1.82, 2.24) is 4.90 Å². The van der Waals surface area contributed by atoms with Gasteiger partial charge in [0.25, 0.3) is 5.91 Å². The van der Waals surface area contributed by atoms with E-state index in [0.29, 0.717) is 17.7 Å². The lowest BCUT2D eigenvalue weighted by Crippen LogP contribution is -2.43. The van der Waals surface area contributed by atoms with E-state index < -0.39 is 33.4 Å². The Morgan fingerprint density at radius 3 is 2.44 bits per heavy atom. The van der Waals surface area contributed by atoms with Crippen LogP contribution in [0.2, 0.25) is 0 Å². The minimum Gasteiger partial charge on any atom is -0.484 e. The van der Waals surface area contributed by atoms with Crippen molar-refractivity contribution in [3.05, 3.63) is 65.7 Å². The SMILES string of the molecule is O=C(COc1ccc(F)cc1)N(Cc1ccccc1F)[C@H]1CCS(=O)(=O)C1. The highest BCUT2D eigenvalue weighted by Gasteiger charge is 2.35. The van der Waals surface area contributed by atoms with E-state index in [1.807, 2.05) is 0 Å². The lowest BCUT2D eigenvalue weighted by molar-refractivity contribution is -0.136. The van der Waals surface area contributed by atoms with Gasteiger partial charge in [0.1, 0.15) is 17.4 Å². The monoisotopic (exact) mass is 395 g/mol. The third kappa shape index (κ3) is 5.03. The fraction of sp³-hybridized carbons (Fsp3) is 0.316. The van der Waals surface area contributed by atoms with Crippen LogP contribution in [0.15, 0.2) is 48.5 Å². The van der Waals surface area contributed by atoms with Gasteiger partial charge in [-0.25, -0.2) is 17.2 Å². The maximum Gasteiger partial charge on any atom is 0.261 e. The van der Waals surface area contributed by atoms with Crippen LogP contribution in [-0.4, -0.2) is 43.4 Å². The Morgan fingerprint density at radius 1 is 1.11 bits per heavy atom. The molecule has 0 unspecified atom stereocenters. The van der Waals surface area contributed by atoms with Crippen molar-refractivity contribution in [2.24, 2.45) is 0 Å². The van der Waals surface area contributed by atoms with E-state index in [0.717, 1.165) is 0 Å². The molecule has 1 aliphatic rings.